The zero-order valence-electron chi connectivity index (χ0n) is 19.0. The van der Waals surface area contributed by atoms with Gasteiger partial charge in [0.25, 0.3) is 0 Å². The summed E-state index contributed by atoms with van der Waals surface area (Å²) in [6.07, 6.45) is 0.736. The summed E-state index contributed by atoms with van der Waals surface area (Å²) in [5.74, 6) is -1.74. The molecule has 0 radical (unpaired) electrons. The van der Waals surface area contributed by atoms with E-state index in [-0.39, 0.29) is 11.5 Å². The van der Waals surface area contributed by atoms with E-state index in [0.29, 0.717) is 16.7 Å². The first kappa shape index (κ1) is 23.5. The molecule has 0 heterocycles. The summed E-state index contributed by atoms with van der Waals surface area (Å²) in [5, 5.41) is 0. The van der Waals surface area contributed by atoms with Gasteiger partial charge in [0, 0.05) is 5.41 Å². The lowest BCUT2D eigenvalue weighted by Crippen LogP contribution is -2.27. The van der Waals surface area contributed by atoms with Crippen molar-refractivity contribution in [3.63, 3.8) is 0 Å². The van der Waals surface area contributed by atoms with E-state index in [1.807, 2.05) is 34.6 Å². The van der Waals surface area contributed by atoms with Crippen molar-refractivity contribution in [3.8, 4) is 11.5 Å². The van der Waals surface area contributed by atoms with Gasteiger partial charge in [-0.3, -0.25) is 0 Å². The minimum Gasteiger partial charge on any atom is -0.485 e. The zero-order valence-corrected chi connectivity index (χ0v) is 19.0. The molecular formula is C27H28F2O3. The molecule has 0 N–H and O–H groups in total. The molecule has 0 aliphatic rings. The molecule has 32 heavy (non-hydrogen) atoms. The SMILES string of the molecule is CCC(C)(C)Oc1ccc(C(C)(C)c2ccc(OC(=O)c3ccccc3)c(F)c2)cc1F. The number of carbonyl (C=O) groups excluding carboxylic acids is 1. The second-order valence-corrected chi connectivity index (χ2v) is 8.89. The van der Waals surface area contributed by atoms with Crippen LogP contribution in [0.25, 0.3) is 0 Å². The second-order valence-electron chi connectivity index (χ2n) is 8.89. The lowest BCUT2D eigenvalue weighted by Gasteiger charge is -2.28. The Morgan fingerprint density at radius 2 is 1.34 bits per heavy atom. The number of ether oxygens (including phenoxy) is 2. The summed E-state index contributed by atoms with van der Waals surface area (Å²) >= 11 is 0. The van der Waals surface area contributed by atoms with E-state index in [4.69, 9.17) is 9.47 Å². The van der Waals surface area contributed by atoms with E-state index < -0.39 is 28.6 Å². The minimum atomic E-state index is -0.692. The predicted molar refractivity (Wildman–Crippen MR) is 121 cm³/mol. The van der Waals surface area contributed by atoms with Gasteiger partial charge >= 0.3 is 5.97 Å². The van der Waals surface area contributed by atoms with Crippen LogP contribution in [0, 0.1) is 11.6 Å². The van der Waals surface area contributed by atoms with Crippen LogP contribution in [0.2, 0.25) is 0 Å². The average Bonchev–Trinajstić information content (AvgIpc) is 2.76. The topological polar surface area (TPSA) is 35.5 Å². The quantitative estimate of drug-likeness (QED) is 0.292. The monoisotopic (exact) mass is 438 g/mol. The highest BCUT2D eigenvalue weighted by molar-refractivity contribution is 5.91. The molecule has 168 valence electrons. The van der Waals surface area contributed by atoms with Crippen molar-refractivity contribution in [1.29, 1.82) is 0 Å². The Morgan fingerprint density at radius 3 is 1.84 bits per heavy atom. The van der Waals surface area contributed by atoms with Crippen molar-refractivity contribution in [3.05, 3.63) is 95.1 Å². The van der Waals surface area contributed by atoms with Gasteiger partial charge in [0.1, 0.15) is 5.60 Å². The van der Waals surface area contributed by atoms with Crippen molar-refractivity contribution < 1.29 is 23.0 Å². The van der Waals surface area contributed by atoms with Gasteiger partial charge in [-0.25, -0.2) is 13.6 Å². The molecule has 3 rings (SSSR count). The Labute approximate surface area is 188 Å². The molecule has 0 bridgehead atoms. The first-order valence-corrected chi connectivity index (χ1v) is 10.6. The third kappa shape index (κ3) is 5.16. The van der Waals surface area contributed by atoms with E-state index in [1.165, 1.54) is 18.2 Å². The van der Waals surface area contributed by atoms with Crippen LogP contribution in [-0.2, 0) is 5.41 Å². The van der Waals surface area contributed by atoms with Gasteiger partial charge in [-0.2, -0.15) is 0 Å². The highest BCUT2D eigenvalue weighted by atomic mass is 19.1. The van der Waals surface area contributed by atoms with Crippen LogP contribution in [0.15, 0.2) is 66.7 Å². The number of rotatable bonds is 7. The minimum absolute atomic E-state index is 0.157. The number of esters is 1. The van der Waals surface area contributed by atoms with Gasteiger partial charge in [-0.15, -0.1) is 0 Å². The van der Waals surface area contributed by atoms with Crippen LogP contribution in [0.3, 0.4) is 0 Å². The molecule has 0 unspecified atom stereocenters. The Morgan fingerprint density at radius 1 is 0.812 bits per heavy atom. The Bertz CT molecular complexity index is 1110. The summed E-state index contributed by atoms with van der Waals surface area (Å²) in [5.41, 5.74) is 0.457. The van der Waals surface area contributed by atoms with Gasteiger partial charge in [0.05, 0.1) is 5.56 Å². The highest BCUT2D eigenvalue weighted by Crippen LogP contribution is 2.36. The first-order valence-electron chi connectivity index (χ1n) is 10.6. The third-order valence-electron chi connectivity index (χ3n) is 5.76. The van der Waals surface area contributed by atoms with E-state index >= 15 is 0 Å². The van der Waals surface area contributed by atoms with E-state index in [9.17, 15) is 13.6 Å². The zero-order chi connectivity index (χ0) is 23.5. The van der Waals surface area contributed by atoms with Gasteiger partial charge in [-0.1, -0.05) is 51.1 Å². The van der Waals surface area contributed by atoms with Crippen LogP contribution in [0.1, 0.15) is 62.5 Å². The predicted octanol–water partition coefficient (Wildman–Crippen LogP) is 7.08. The lowest BCUT2D eigenvalue weighted by atomic mass is 9.78. The summed E-state index contributed by atoms with van der Waals surface area (Å²) in [4.78, 5) is 12.2. The fourth-order valence-corrected chi connectivity index (χ4v) is 3.21. The molecule has 0 saturated carbocycles. The fraction of sp³-hybridized carbons (Fsp3) is 0.296. The van der Waals surface area contributed by atoms with E-state index in [0.717, 1.165) is 6.42 Å². The van der Waals surface area contributed by atoms with Crippen molar-refractivity contribution in [2.24, 2.45) is 0 Å². The molecule has 0 aromatic heterocycles. The van der Waals surface area contributed by atoms with Gasteiger partial charge in [-0.05, 0) is 67.8 Å². The summed E-state index contributed by atoms with van der Waals surface area (Å²) in [6, 6.07) is 17.6. The molecule has 3 aromatic rings. The molecule has 0 saturated heterocycles. The van der Waals surface area contributed by atoms with Crippen LogP contribution >= 0.6 is 0 Å². The second kappa shape index (κ2) is 9.11. The van der Waals surface area contributed by atoms with Crippen LogP contribution in [-0.4, -0.2) is 11.6 Å². The van der Waals surface area contributed by atoms with E-state index in [2.05, 4.69) is 0 Å². The summed E-state index contributed by atoms with van der Waals surface area (Å²) < 4.78 is 40.5. The number of hydrogen-bond donors (Lipinski definition) is 0. The van der Waals surface area contributed by atoms with Crippen molar-refractivity contribution in [2.75, 3.05) is 0 Å². The first-order chi connectivity index (χ1) is 15.0. The Balaban J connectivity index is 1.83. The van der Waals surface area contributed by atoms with Crippen molar-refractivity contribution in [1.82, 2.24) is 0 Å². The summed E-state index contributed by atoms with van der Waals surface area (Å²) in [6.45, 7) is 9.54. The number of halogens is 2. The van der Waals surface area contributed by atoms with Gasteiger partial charge < -0.3 is 9.47 Å². The van der Waals surface area contributed by atoms with Crippen LogP contribution in [0.5, 0.6) is 11.5 Å². The van der Waals surface area contributed by atoms with Crippen molar-refractivity contribution in [2.45, 2.75) is 52.1 Å². The number of carbonyl (C=O) groups is 1. The average molecular weight is 439 g/mol. The number of hydrogen-bond acceptors (Lipinski definition) is 3. The molecule has 0 amide bonds. The Hall–Kier alpha value is -3.21. The lowest BCUT2D eigenvalue weighted by molar-refractivity contribution is 0.0727. The molecule has 0 aliphatic heterocycles. The maximum atomic E-state index is 14.8. The molecule has 0 spiro atoms. The van der Waals surface area contributed by atoms with Crippen LogP contribution < -0.4 is 9.47 Å². The molecular weight excluding hydrogens is 410 g/mol. The fourth-order valence-electron chi connectivity index (χ4n) is 3.21. The molecule has 0 atom stereocenters. The molecule has 0 fully saturated rings. The molecule has 0 aliphatic carbocycles. The maximum Gasteiger partial charge on any atom is 0.343 e. The molecule has 3 aromatic carbocycles. The normalized spacial score (nSPS) is 11.8. The molecule has 5 heteroatoms. The van der Waals surface area contributed by atoms with Crippen molar-refractivity contribution >= 4 is 5.97 Å². The van der Waals surface area contributed by atoms with E-state index in [1.54, 1.807) is 48.5 Å². The van der Waals surface area contributed by atoms with Gasteiger partial charge in [0.2, 0.25) is 0 Å². The largest absolute Gasteiger partial charge is 0.485 e. The number of benzene rings is 3. The van der Waals surface area contributed by atoms with Crippen LogP contribution in [0.4, 0.5) is 8.78 Å². The standard InChI is InChI=1S/C27H28F2O3/c1-6-26(2,3)32-24-15-13-20(17-22(24)29)27(4,5)19-12-14-23(21(28)16-19)31-25(30)18-10-8-7-9-11-18/h7-17H,6H2,1-5H3. The highest BCUT2D eigenvalue weighted by Gasteiger charge is 2.27. The smallest absolute Gasteiger partial charge is 0.343 e. The van der Waals surface area contributed by atoms with Gasteiger partial charge in [0.15, 0.2) is 23.1 Å². The molecule has 3 nitrogen and oxygen atoms in total. The Kier molecular flexibility index (Phi) is 6.68. The summed E-state index contributed by atoms with van der Waals surface area (Å²) in [7, 11) is 0. The third-order valence-corrected chi connectivity index (χ3v) is 5.76. The maximum absolute atomic E-state index is 14.8.